The Morgan fingerprint density at radius 1 is 0.966 bits per heavy atom. The van der Waals surface area contributed by atoms with Crippen LogP contribution < -0.4 is 29.0 Å². The number of hydrogen-bond donors (Lipinski definition) is 1. The molecule has 0 aliphatic carbocycles. The van der Waals surface area contributed by atoms with E-state index in [1.165, 1.54) is 40.4 Å². The number of nitrogens with one attached hydrogen (secondary N) is 1. The Morgan fingerprint density at radius 2 is 1.62 bits per heavy atom. The number of carbonyl (C=O) groups excluding carboxylic acids is 2. The number of rotatable bonds is 7. The summed E-state index contributed by atoms with van der Waals surface area (Å²) in [4.78, 5) is 24.9. The lowest BCUT2D eigenvalue weighted by molar-refractivity contribution is -0.123. The van der Waals surface area contributed by atoms with Gasteiger partial charge in [-0.1, -0.05) is 0 Å². The molecular weight excluding hydrogens is 382 g/mol. The highest BCUT2D eigenvalue weighted by atomic mass is 16.7. The van der Waals surface area contributed by atoms with E-state index in [0.717, 1.165) is 0 Å². The summed E-state index contributed by atoms with van der Waals surface area (Å²) in [5, 5.41) is 2.67. The molecule has 1 amide bonds. The standard InChI is InChI=1S/C20H21NO8/c1-11(19(22)21-13-5-6-14-15(9-13)28-10-27-14)29-20(23)12-7-16(24-2)18(26-4)17(8-12)25-3/h5-9,11H,10H2,1-4H3,(H,21,22)/t11-/m1/s1. The van der Waals surface area contributed by atoms with Gasteiger partial charge in [-0.2, -0.15) is 0 Å². The quantitative estimate of drug-likeness (QED) is 0.704. The lowest BCUT2D eigenvalue weighted by Crippen LogP contribution is -2.30. The number of carbonyl (C=O) groups is 2. The lowest BCUT2D eigenvalue weighted by atomic mass is 10.2. The van der Waals surface area contributed by atoms with Crippen LogP contribution in [0.25, 0.3) is 0 Å². The van der Waals surface area contributed by atoms with Crippen LogP contribution in [0.4, 0.5) is 5.69 Å². The van der Waals surface area contributed by atoms with Gasteiger partial charge in [0.2, 0.25) is 12.5 Å². The maximum atomic E-state index is 12.5. The fourth-order valence-electron chi connectivity index (χ4n) is 2.70. The number of methoxy groups -OCH3 is 3. The van der Waals surface area contributed by atoms with E-state index in [1.54, 1.807) is 18.2 Å². The van der Waals surface area contributed by atoms with Gasteiger partial charge in [-0.15, -0.1) is 0 Å². The van der Waals surface area contributed by atoms with Crippen LogP contribution >= 0.6 is 0 Å². The van der Waals surface area contributed by atoms with Gasteiger partial charge in [-0.05, 0) is 31.2 Å². The average Bonchev–Trinajstić information content (AvgIpc) is 3.20. The molecule has 0 aromatic heterocycles. The summed E-state index contributed by atoms with van der Waals surface area (Å²) in [6.45, 7) is 1.60. The SMILES string of the molecule is COc1cc(C(=O)O[C@H](C)C(=O)Nc2ccc3c(c2)OCO3)cc(OC)c1OC. The van der Waals surface area contributed by atoms with E-state index in [4.69, 9.17) is 28.4 Å². The second-order valence-electron chi connectivity index (χ2n) is 6.02. The molecule has 0 spiro atoms. The minimum atomic E-state index is -1.05. The molecule has 1 heterocycles. The topological polar surface area (TPSA) is 102 Å². The minimum Gasteiger partial charge on any atom is -0.493 e. The van der Waals surface area contributed by atoms with Gasteiger partial charge in [0.25, 0.3) is 5.91 Å². The lowest BCUT2D eigenvalue weighted by Gasteiger charge is -2.16. The van der Waals surface area contributed by atoms with Crippen molar-refractivity contribution in [1.82, 2.24) is 0 Å². The Bertz CT molecular complexity index is 902. The van der Waals surface area contributed by atoms with Crippen molar-refractivity contribution in [2.75, 3.05) is 33.4 Å². The van der Waals surface area contributed by atoms with Crippen LogP contribution in [-0.2, 0) is 9.53 Å². The van der Waals surface area contributed by atoms with Gasteiger partial charge in [0, 0.05) is 11.8 Å². The van der Waals surface area contributed by atoms with Crippen LogP contribution in [-0.4, -0.2) is 46.1 Å². The van der Waals surface area contributed by atoms with E-state index in [2.05, 4.69) is 5.32 Å². The molecule has 3 rings (SSSR count). The van der Waals surface area contributed by atoms with Gasteiger partial charge in [-0.25, -0.2) is 4.79 Å². The van der Waals surface area contributed by atoms with Gasteiger partial charge in [0.05, 0.1) is 26.9 Å². The summed E-state index contributed by atoms with van der Waals surface area (Å²) in [5.41, 5.74) is 0.650. The van der Waals surface area contributed by atoms with Gasteiger partial charge in [0.1, 0.15) is 0 Å². The summed E-state index contributed by atoms with van der Waals surface area (Å²) in [6, 6.07) is 7.88. The molecule has 0 radical (unpaired) electrons. The number of fused-ring (bicyclic) bond motifs is 1. The Balaban J connectivity index is 1.69. The van der Waals surface area contributed by atoms with Crippen molar-refractivity contribution in [2.24, 2.45) is 0 Å². The van der Waals surface area contributed by atoms with E-state index in [1.807, 2.05) is 0 Å². The zero-order valence-corrected chi connectivity index (χ0v) is 16.4. The second-order valence-corrected chi connectivity index (χ2v) is 6.02. The molecule has 9 heteroatoms. The number of benzene rings is 2. The average molecular weight is 403 g/mol. The molecule has 0 fully saturated rings. The van der Waals surface area contributed by atoms with Crippen molar-refractivity contribution in [3.8, 4) is 28.7 Å². The highest BCUT2D eigenvalue weighted by Crippen LogP contribution is 2.38. The van der Waals surface area contributed by atoms with Crippen molar-refractivity contribution >= 4 is 17.6 Å². The molecule has 9 nitrogen and oxygen atoms in total. The molecule has 2 aromatic rings. The summed E-state index contributed by atoms with van der Waals surface area (Å²) >= 11 is 0. The number of ether oxygens (including phenoxy) is 6. The number of amides is 1. The largest absolute Gasteiger partial charge is 0.493 e. The predicted octanol–water partition coefficient (Wildman–Crippen LogP) is 2.63. The van der Waals surface area contributed by atoms with Crippen molar-refractivity contribution in [3.63, 3.8) is 0 Å². The Kier molecular flexibility index (Phi) is 5.96. The van der Waals surface area contributed by atoms with Crippen molar-refractivity contribution in [1.29, 1.82) is 0 Å². The normalized spacial score (nSPS) is 12.7. The van der Waals surface area contributed by atoms with Crippen molar-refractivity contribution < 1.29 is 38.0 Å². The van der Waals surface area contributed by atoms with Crippen LogP contribution in [0.1, 0.15) is 17.3 Å². The van der Waals surface area contributed by atoms with E-state index < -0.39 is 18.0 Å². The highest BCUT2D eigenvalue weighted by molar-refractivity contribution is 5.98. The summed E-state index contributed by atoms with van der Waals surface area (Å²) in [5.74, 6) is 0.879. The van der Waals surface area contributed by atoms with Gasteiger partial charge < -0.3 is 33.7 Å². The molecule has 1 N–H and O–H groups in total. The molecule has 0 bridgehead atoms. The number of hydrogen-bond acceptors (Lipinski definition) is 8. The monoisotopic (exact) mass is 403 g/mol. The molecule has 1 aliphatic rings. The molecular formula is C20H21NO8. The number of anilines is 1. The van der Waals surface area contributed by atoms with Crippen LogP contribution in [0.5, 0.6) is 28.7 Å². The molecule has 0 saturated heterocycles. The molecule has 29 heavy (non-hydrogen) atoms. The first-order valence-electron chi connectivity index (χ1n) is 8.68. The highest BCUT2D eigenvalue weighted by Gasteiger charge is 2.23. The fourth-order valence-corrected chi connectivity index (χ4v) is 2.70. The minimum absolute atomic E-state index is 0.134. The van der Waals surface area contributed by atoms with Crippen LogP contribution in [0.2, 0.25) is 0 Å². The maximum absolute atomic E-state index is 12.5. The third-order valence-electron chi connectivity index (χ3n) is 4.19. The van der Waals surface area contributed by atoms with Crippen LogP contribution in [0.15, 0.2) is 30.3 Å². The first kappa shape index (κ1) is 20.1. The summed E-state index contributed by atoms with van der Waals surface area (Å²) in [7, 11) is 4.34. The molecule has 1 aliphatic heterocycles. The maximum Gasteiger partial charge on any atom is 0.339 e. The molecule has 0 unspecified atom stereocenters. The van der Waals surface area contributed by atoms with Gasteiger partial charge >= 0.3 is 5.97 Å². The Labute approximate surface area is 167 Å². The zero-order chi connectivity index (χ0) is 21.0. The van der Waals surface area contributed by atoms with Gasteiger partial charge in [0.15, 0.2) is 29.1 Å². The molecule has 0 saturated carbocycles. The Morgan fingerprint density at radius 3 is 2.24 bits per heavy atom. The van der Waals surface area contributed by atoms with E-state index >= 15 is 0 Å². The third-order valence-corrected chi connectivity index (χ3v) is 4.19. The zero-order valence-electron chi connectivity index (χ0n) is 16.4. The molecule has 154 valence electrons. The first-order chi connectivity index (χ1) is 14.0. The molecule has 1 atom stereocenters. The second kappa shape index (κ2) is 8.59. The summed E-state index contributed by atoms with van der Waals surface area (Å²) in [6.07, 6.45) is -1.05. The fraction of sp³-hybridized carbons (Fsp3) is 0.300. The van der Waals surface area contributed by atoms with Crippen molar-refractivity contribution in [3.05, 3.63) is 35.9 Å². The first-order valence-corrected chi connectivity index (χ1v) is 8.68. The summed E-state index contributed by atoms with van der Waals surface area (Å²) < 4.78 is 31.4. The van der Waals surface area contributed by atoms with Crippen LogP contribution in [0, 0.1) is 0 Å². The molecule has 2 aromatic carbocycles. The van der Waals surface area contributed by atoms with Crippen LogP contribution in [0.3, 0.4) is 0 Å². The van der Waals surface area contributed by atoms with E-state index in [0.29, 0.717) is 34.4 Å². The van der Waals surface area contributed by atoms with Crippen molar-refractivity contribution in [2.45, 2.75) is 13.0 Å². The Hall–Kier alpha value is -3.62. The predicted molar refractivity (Wildman–Crippen MR) is 102 cm³/mol. The van der Waals surface area contributed by atoms with Gasteiger partial charge in [-0.3, -0.25) is 4.79 Å². The third kappa shape index (κ3) is 4.29. The van der Waals surface area contributed by atoms with E-state index in [9.17, 15) is 9.59 Å². The number of esters is 1. The van der Waals surface area contributed by atoms with E-state index in [-0.39, 0.29) is 12.4 Å². The smallest absolute Gasteiger partial charge is 0.339 e.